The first-order valence-electron chi connectivity index (χ1n) is 8.10. The lowest BCUT2D eigenvalue weighted by Crippen LogP contribution is -2.45. The molecule has 3 N–H and O–H groups in total. The maximum atomic E-state index is 12.5. The standard InChI is InChI=1S/C18H13Cl5N2O5/c19-11-12(20)14(22)16(15(23)13(11)21)30-17(27)9(6-10(24)26)25-18(28)29-7-8-4-2-1-3-5-8/h1-5,9H,6-7H2,(H2,24,26)(H,25,28)/t9-/m0/s1. The number of carbonyl (C=O) groups is 3. The van der Waals surface area contributed by atoms with E-state index in [1.54, 1.807) is 30.3 Å². The number of hydrogen-bond donors (Lipinski definition) is 2. The first-order chi connectivity index (χ1) is 14.1. The Morgan fingerprint density at radius 3 is 1.97 bits per heavy atom. The molecule has 0 bridgehead atoms. The zero-order valence-electron chi connectivity index (χ0n) is 14.9. The number of nitrogens with two attached hydrogens (primary N) is 1. The third-order valence-corrected chi connectivity index (χ3v) is 5.81. The Labute approximate surface area is 196 Å². The third kappa shape index (κ3) is 6.30. The minimum absolute atomic E-state index is 0.0644. The van der Waals surface area contributed by atoms with Gasteiger partial charge in [0.1, 0.15) is 22.7 Å². The Bertz CT molecular complexity index is 942. The van der Waals surface area contributed by atoms with Gasteiger partial charge in [-0.05, 0) is 5.56 Å². The van der Waals surface area contributed by atoms with Crippen LogP contribution in [0, 0.1) is 0 Å². The highest BCUT2D eigenvalue weighted by molar-refractivity contribution is 6.55. The van der Waals surface area contributed by atoms with Crippen LogP contribution in [0.4, 0.5) is 4.79 Å². The number of alkyl carbamates (subject to hydrolysis) is 1. The van der Waals surface area contributed by atoms with Crippen LogP contribution >= 0.6 is 58.0 Å². The normalized spacial score (nSPS) is 11.5. The molecule has 7 nitrogen and oxygen atoms in total. The Morgan fingerprint density at radius 1 is 0.900 bits per heavy atom. The fourth-order valence-electron chi connectivity index (χ4n) is 2.15. The molecule has 0 aromatic heterocycles. The number of amides is 2. The molecule has 0 aliphatic rings. The van der Waals surface area contributed by atoms with Crippen molar-refractivity contribution in [1.82, 2.24) is 5.32 Å². The quantitative estimate of drug-likeness (QED) is 0.233. The molecule has 0 unspecified atom stereocenters. The number of carbonyl (C=O) groups excluding carboxylic acids is 3. The minimum atomic E-state index is -1.49. The summed E-state index contributed by atoms with van der Waals surface area (Å²) < 4.78 is 10.1. The molecule has 2 rings (SSSR count). The van der Waals surface area contributed by atoms with Crippen LogP contribution in [-0.4, -0.2) is 24.0 Å². The minimum Gasteiger partial charge on any atom is -0.445 e. The third-order valence-electron chi connectivity index (χ3n) is 3.57. The molecule has 0 aliphatic heterocycles. The van der Waals surface area contributed by atoms with E-state index < -0.39 is 36.2 Å². The smallest absolute Gasteiger partial charge is 0.408 e. The number of esters is 1. The molecule has 0 saturated heterocycles. The van der Waals surface area contributed by atoms with Gasteiger partial charge in [0.2, 0.25) is 5.91 Å². The summed E-state index contributed by atoms with van der Waals surface area (Å²) in [5, 5.41) is 1.11. The van der Waals surface area contributed by atoms with Gasteiger partial charge in [0.25, 0.3) is 0 Å². The lowest BCUT2D eigenvalue weighted by atomic mass is 10.2. The van der Waals surface area contributed by atoms with E-state index >= 15 is 0 Å². The van der Waals surface area contributed by atoms with Crippen molar-refractivity contribution in [3.8, 4) is 5.75 Å². The summed E-state index contributed by atoms with van der Waals surface area (Å²) in [7, 11) is 0. The van der Waals surface area contributed by atoms with E-state index in [1.165, 1.54) is 0 Å². The van der Waals surface area contributed by atoms with Crippen molar-refractivity contribution in [3.63, 3.8) is 0 Å². The number of primary amides is 1. The molecular weight excluding hydrogens is 501 g/mol. The molecule has 0 radical (unpaired) electrons. The van der Waals surface area contributed by atoms with Gasteiger partial charge in [-0.2, -0.15) is 0 Å². The topological polar surface area (TPSA) is 108 Å². The molecule has 2 amide bonds. The predicted octanol–water partition coefficient (Wildman–Crippen LogP) is 5.03. The SMILES string of the molecule is NC(=O)C[C@H](NC(=O)OCc1ccccc1)C(=O)Oc1c(Cl)c(Cl)c(Cl)c(Cl)c1Cl. The Kier molecular flexibility index (Phi) is 8.88. The van der Waals surface area contributed by atoms with Crippen molar-refractivity contribution in [1.29, 1.82) is 0 Å². The summed E-state index contributed by atoms with van der Waals surface area (Å²) in [5.41, 5.74) is 5.86. The van der Waals surface area contributed by atoms with Gasteiger partial charge < -0.3 is 20.5 Å². The molecule has 12 heteroatoms. The van der Waals surface area contributed by atoms with Crippen molar-refractivity contribution in [2.75, 3.05) is 0 Å². The second-order valence-electron chi connectivity index (χ2n) is 5.75. The summed E-state index contributed by atoms with van der Waals surface area (Å²) in [5.74, 6) is -2.38. The molecule has 0 spiro atoms. The summed E-state index contributed by atoms with van der Waals surface area (Å²) in [4.78, 5) is 35.9. The number of halogens is 5. The molecule has 30 heavy (non-hydrogen) atoms. The highest BCUT2D eigenvalue weighted by Crippen LogP contribution is 2.48. The van der Waals surface area contributed by atoms with Crippen LogP contribution in [0.2, 0.25) is 25.1 Å². The van der Waals surface area contributed by atoms with Gasteiger partial charge in [-0.15, -0.1) is 0 Å². The maximum Gasteiger partial charge on any atom is 0.408 e. The van der Waals surface area contributed by atoms with Crippen LogP contribution in [0.25, 0.3) is 0 Å². The first kappa shape index (κ1) is 24.4. The molecule has 2 aromatic rings. The number of ether oxygens (including phenoxy) is 2. The Balaban J connectivity index is 2.14. The van der Waals surface area contributed by atoms with Crippen molar-refractivity contribution in [2.24, 2.45) is 5.73 Å². The predicted molar refractivity (Wildman–Crippen MR) is 114 cm³/mol. The molecule has 0 fully saturated rings. The Morgan fingerprint density at radius 2 is 1.43 bits per heavy atom. The summed E-state index contributed by atoms with van der Waals surface area (Å²) in [6.45, 7) is -0.0644. The van der Waals surface area contributed by atoms with E-state index in [-0.39, 0.29) is 31.7 Å². The number of nitrogens with one attached hydrogen (secondary N) is 1. The van der Waals surface area contributed by atoms with E-state index in [2.05, 4.69) is 5.32 Å². The van der Waals surface area contributed by atoms with Gasteiger partial charge in [-0.1, -0.05) is 88.3 Å². The summed E-state index contributed by atoms with van der Waals surface area (Å²) in [6, 6.07) is 7.31. The van der Waals surface area contributed by atoms with Crippen LogP contribution in [0.3, 0.4) is 0 Å². The van der Waals surface area contributed by atoms with Gasteiger partial charge in [0, 0.05) is 0 Å². The first-order valence-corrected chi connectivity index (χ1v) is 9.99. The van der Waals surface area contributed by atoms with Gasteiger partial charge in [-0.3, -0.25) is 4.79 Å². The second kappa shape index (κ2) is 10.9. The summed E-state index contributed by atoms with van der Waals surface area (Å²) in [6.07, 6.45) is -1.56. The zero-order chi connectivity index (χ0) is 22.4. The van der Waals surface area contributed by atoms with Crippen molar-refractivity contribution in [2.45, 2.75) is 19.1 Å². The fourth-order valence-corrected chi connectivity index (χ4v) is 3.35. The van der Waals surface area contributed by atoms with Gasteiger partial charge in [-0.25, -0.2) is 9.59 Å². The van der Waals surface area contributed by atoms with Gasteiger partial charge in [0.15, 0.2) is 5.75 Å². The highest BCUT2D eigenvalue weighted by Gasteiger charge is 2.29. The van der Waals surface area contributed by atoms with E-state index in [0.717, 1.165) is 0 Å². The molecule has 0 saturated carbocycles. The second-order valence-corrected chi connectivity index (χ2v) is 7.64. The lowest BCUT2D eigenvalue weighted by molar-refractivity contribution is -0.138. The lowest BCUT2D eigenvalue weighted by Gasteiger charge is -2.18. The Hall–Kier alpha value is -1.90. The molecular formula is C18H13Cl5N2O5. The zero-order valence-corrected chi connectivity index (χ0v) is 18.7. The number of benzene rings is 2. The van der Waals surface area contributed by atoms with E-state index in [9.17, 15) is 14.4 Å². The van der Waals surface area contributed by atoms with Crippen LogP contribution in [0.1, 0.15) is 12.0 Å². The van der Waals surface area contributed by atoms with Crippen LogP contribution in [0.15, 0.2) is 30.3 Å². The molecule has 0 aliphatic carbocycles. The number of hydrogen-bond acceptors (Lipinski definition) is 5. The van der Waals surface area contributed by atoms with Crippen LogP contribution in [-0.2, 0) is 20.9 Å². The van der Waals surface area contributed by atoms with Crippen molar-refractivity contribution in [3.05, 3.63) is 61.0 Å². The van der Waals surface area contributed by atoms with Gasteiger partial charge in [0.05, 0.1) is 21.5 Å². The van der Waals surface area contributed by atoms with Crippen LogP contribution in [0.5, 0.6) is 5.75 Å². The molecule has 1 atom stereocenters. The van der Waals surface area contributed by atoms with Gasteiger partial charge >= 0.3 is 12.1 Å². The van der Waals surface area contributed by atoms with E-state index in [4.69, 9.17) is 73.2 Å². The monoisotopic (exact) mass is 512 g/mol. The highest BCUT2D eigenvalue weighted by atomic mass is 35.5. The molecule has 2 aromatic carbocycles. The largest absolute Gasteiger partial charge is 0.445 e. The fraction of sp³-hybridized carbons (Fsp3) is 0.167. The van der Waals surface area contributed by atoms with Crippen molar-refractivity contribution < 1.29 is 23.9 Å². The van der Waals surface area contributed by atoms with Crippen LogP contribution < -0.4 is 15.8 Å². The average molecular weight is 515 g/mol. The average Bonchev–Trinajstić information content (AvgIpc) is 2.72. The summed E-state index contributed by atoms with van der Waals surface area (Å²) >= 11 is 29.8. The molecule has 160 valence electrons. The maximum absolute atomic E-state index is 12.5. The van der Waals surface area contributed by atoms with E-state index in [0.29, 0.717) is 5.56 Å². The molecule has 0 heterocycles. The van der Waals surface area contributed by atoms with E-state index in [1.807, 2.05) is 0 Å². The number of rotatable bonds is 7. The van der Waals surface area contributed by atoms with Crippen molar-refractivity contribution >= 4 is 76.0 Å².